The van der Waals surface area contributed by atoms with E-state index in [1.165, 1.54) is 0 Å². The van der Waals surface area contributed by atoms with Crippen molar-refractivity contribution in [2.24, 2.45) is 5.41 Å². The minimum Gasteiger partial charge on any atom is -0.379 e. The van der Waals surface area contributed by atoms with Gasteiger partial charge < -0.3 is 19.4 Å². The molecule has 10 nitrogen and oxygen atoms in total. The smallest absolute Gasteiger partial charge is 0.269 e. The Hall–Kier alpha value is -3.45. The number of nitrogens with one attached hydrogen (secondary N) is 1. The maximum absolute atomic E-state index is 12.6. The van der Waals surface area contributed by atoms with Gasteiger partial charge >= 0.3 is 0 Å². The number of aromatic amines is 1. The summed E-state index contributed by atoms with van der Waals surface area (Å²) in [6, 6.07) is 5.94. The molecule has 1 amide bonds. The summed E-state index contributed by atoms with van der Waals surface area (Å²) in [5.41, 5.74) is 2.11. The molecule has 2 aromatic heterocycles. The Morgan fingerprint density at radius 3 is 2.85 bits per heavy atom. The molecular weight excluding hydrogens is 434 g/mol. The average Bonchev–Trinajstić information content (AvgIpc) is 3.25. The van der Waals surface area contributed by atoms with Crippen LogP contribution in [0.15, 0.2) is 29.3 Å². The van der Waals surface area contributed by atoms with Crippen LogP contribution in [-0.4, -0.2) is 78.0 Å². The van der Waals surface area contributed by atoms with Gasteiger partial charge in [0.25, 0.3) is 5.56 Å². The van der Waals surface area contributed by atoms with Crippen LogP contribution in [0.5, 0.6) is 0 Å². The Balaban J connectivity index is 1.02. The number of H-pyrrole nitrogens is 1. The van der Waals surface area contributed by atoms with Crippen LogP contribution in [0.3, 0.4) is 0 Å². The fourth-order valence-electron chi connectivity index (χ4n) is 5.31. The highest BCUT2D eigenvalue weighted by atomic mass is 16.5. The molecule has 178 valence electrons. The molecule has 3 aliphatic heterocycles. The number of pyridine rings is 1. The number of hydrogen-bond acceptors (Lipinski definition) is 8. The van der Waals surface area contributed by atoms with Crippen LogP contribution in [0.25, 0.3) is 0 Å². The molecule has 3 saturated heterocycles. The fourth-order valence-corrected chi connectivity index (χ4v) is 5.31. The Bertz CT molecular complexity index is 1140. The molecule has 0 aromatic carbocycles. The van der Waals surface area contributed by atoms with Crippen molar-refractivity contribution in [1.82, 2.24) is 20.1 Å². The number of rotatable bonds is 7. The average molecular weight is 464 g/mol. The molecule has 0 radical (unpaired) electrons. The number of anilines is 2. The standard InChI is InChI=1S/C24H29N7O3/c1-17-20(11-27-28-23(17)33)31-7-2-3-19(31)12-34-8-6-22(32)30-15-24(16-30)13-29(14-24)21-5-4-18(9-25)10-26-21/h4-5,10-11,19H,2-3,6-8,12-16H2,1H3,(H,28,33)/t19-/m0/s1. The summed E-state index contributed by atoms with van der Waals surface area (Å²) in [7, 11) is 0. The van der Waals surface area contributed by atoms with E-state index in [0.717, 1.165) is 57.1 Å². The highest BCUT2D eigenvalue weighted by Gasteiger charge is 2.53. The van der Waals surface area contributed by atoms with E-state index in [-0.39, 0.29) is 22.9 Å². The van der Waals surface area contributed by atoms with Crippen molar-refractivity contribution in [2.75, 3.05) is 55.7 Å². The van der Waals surface area contributed by atoms with Gasteiger partial charge in [-0.15, -0.1) is 0 Å². The number of carbonyl (C=O) groups is 1. The van der Waals surface area contributed by atoms with Crippen LogP contribution < -0.4 is 15.4 Å². The van der Waals surface area contributed by atoms with Crippen LogP contribution >= 0.6 is 0 Å². The summed E-state index contributed by atoms with van der Waals surface area (Å²) in [5.74, 6) is 1.02. The summed E-state index contributed by atoms with van der Waals surface area (Å²) in [6.07, 6.45) is 5.73. The predicted octanol–water partition coefficient (Wildman–Crippen LogP) is 1.07. The van der Waals surface area contributed by atoms with Gasteiger partial charge in [0.1, 0.15) is 11.9 Å². The van der Waals surface area contributed by atoms with E-state index in [1.54, 1.807) is 18.5 Å². The van der Waals surface area contributed by atoms with Crippen molar-refractivity contribution in [3.8, 4) is 6.07 Å². The van der Waals surface area contributed by atoms with Crippen LogP contribution in [0.4, 0.5) is 11.5 Å². The predicted molar refractivity (Wildman–Crippen MR) is 126 cm³/mol. The number of likely N-dealkylation sites (tertiary alicyclic amines) is 1. The minimum atomic E-state index is -0.162. The Kier molecular flexibility index (Phi) is 5.96. The molecule has 2 aromatic rings. The first kappa shape index (κ1) is 22.3. The topological polar surface area (TPSA) is 118 Å². The highest BCUT2D eigenvalue weighted by Crippen LogP contribution is 2.41. The molecule has 0 unspecified atom stereocenters. The maximum atomic E-state index is 12.6. The highest BCUT2D eigenvalue weighted by molar-refractivity contribution is 5.77. The third-order valence-corrected chi connectivity index (χ3v) is 7.19. The van der Waals surface area contributed by atoms with E-state index < -0.39 is 0 Å². The third-order valence-electron chi connectivity index (χ3n) is 7.19. The molecule has 0 aliphatic carbocycles. The van der Waals surface area contributed by atoms with E-state index in [2.05, 4.69) is 31.1 Å². The molecule has 34 heavy (non-hydrogen) atoms. The Labute approximate surface area is 198 Å². The van der Waals surface area contributed by atoms with Crippen LogP contribution in [0.1, 0.15) is 30.4 Å². The zero-order valence-corrected chi connectivity index (χ0v) is 19.4. The summed E-state index contributed by atoms with van der Waals surface area (Å²) < 4.78 is 5.88. The van der Waals surface area contributed by atoms with Gasteiger partial charge in [0.15, 0.2) is 0 Å². The number of ether oxygens (including phenoxy) is 1. The van der Waals surface area contributed by atoms with Crippen LogP contribution in [0, 0.1) is 23.7 Å². The molecule has 0 bridgehead atoms. The van der Waals surface area contributed by atoms with E-state index in [1.807, 2.05) is 17.9 Å². The van der Waals surface area contributed by atoms with Gasteiger partial charge in [-0.1, -0.05) is 0 Å². The number of aromatic nitrogens is 3. The molecule has 5 heterocycles. The van der Waals surface area contributed by atoms with Crippen molar-refractivity contribution in [3.63, 3.8) is 0 Å². The lowest BCUT2D eigenvalue weighted by Crippen LogP contribution is -2.73. The number of nitrogens with zero attached hydrogens (tertiary/aromatic N) is 6. The van der Waals surface area contributed by atoms with Crippen molar-refractivity contribution in [2.45, 2.75) is 32.2 Å². The molecule has 10 heteroatoms. The van der Waals surface area contributed by atoms with E-state index in [9.17, 15) is 9.59 Å². The molecule has 3 aliphatic rings. The number of hydrogen-bond donors (Lipinski definition) is 1. The van der Waals surface area contributed by atoms with E-state index >= 15 is 0 Å². The first-order valence-corrected chi connectivity index (χ1v) is 11.8. The number of nitriles is 1. The summed E-state index contributed by atoms with van der Waals surface area (Å²) in [4.78, 5) is 35.1. The van der Waals surface area contributed by atoms with Gasteiger partial charge in [0.05, 0.1) is 43.1 Å². The Morgan fingerprint density at radius 1 is 1.29 bits per heavy atom. The second-order valence-electron chi connectivity index (χ2n) is 9.65. The van der Waals surface area contributed by atoms with Crippen molar-refractivity contribution < 1.29 is 9.53 Å². The second kappa shape index (κ2) is 9.06. The van der Waals surface area contributed by atoms with Gasteiger partial charge in [-0.3, -0.25) is 9.59 Å². The fraction of sp³-hybridized carbons (Fsp3) is 0.542. The SMILES string of the molecule is Cc1c(N2CCC[C@H]2COCCC(=O)N2CC3(C2)CN(c2ccc(C#N)cn2)C3)cn[nH]c1=O. The lowest BCUT2D eigenvalue weighted by Gasteiger charge is -2.60. The maximum Gasteiger partial charge on any atom is 0.269 e. The molecule has 1 N–H and O–H groups in total. The van der Waals surface area contributed by atoms with E-state index in [0.29, 0.717) is 30.8 Å². The van der Waals surface area contributed by atoms with Gasteiger partial charge in [-0.05, 0) is 31.9 Å². The van der Waals surface area contributed by atoms with Crippen molar-refractivity contribution >= 4 is 17.4 Å². The van der Waals surface area contributed by atoms with Crippen molar-refractivity contribution in [3.05, 3.63) is 46.0 Å². The minimum absolute atomic E-state index is 0.137. The number of amides is 1. The largest absolute Gasteiger partial charge is 0.379 e. The first-order chi connectivity index (χ1) is 16.5. The molecule has 1 spiro atoms. The normalized spacial score (nSPS) is 20.7. The Morgan fingerprint density at radius 2 is 2.12 bits per heavy atom. The molecule has 0 saturated carbocycles. The molecule has 5 rings (SSSR count). The third kappa shape index (κ3) is 4.23. The number of carbonyl (C=O) groups excluding carboxylic acids is 1. The molecule has 1 atom stereocenters. The second-order valence-corrected chi connectivity index (χ2v) is 9.65. The molecular formula is C24H29N7O3. The summed E-state index contributed by atoms with van der Waals surface area (Å²) >= 11 is 0. The van der Waals surface area contributed by atoms with Gasteiger partial charge in [-0.25, -0.2) is 10.1 Å². The van der Waals surface area contributed by atoms with Gasteiger partial charge in [-0.2, -0.15) is 10.4 Å². The lowest BCUT2D eigenvalue weighted by molar-refractivity contribution is -0.146. The first-order valence-electron chi connectivity index (χ1n) is 11.8. The van der Waals surface area contributed by atoms with Gasteiger partial charge in [0, 0.05) is 49.9 Å². The molecule has 3 fully saturated rings. The lowest BCUT2D eigenvalue weighted by atomic mass is 9.72. The summed E-state index contributed by atoms with van der Waals surface area (Å²) in [6.45, 7) is 6.97. The van der Waals surface area contributed by atoms with Crippen LogP contribution in [0.2, 0.25) is 0 Å². The zero-order valence-electron chi connectivity index (χ0n) is 19.4. The van der Waals surface area contributed by atoms with E-state index in [4.69, 9.17) is 10.00 Å². The van der Waals surface area contributed by atoms with Gasteiger partial charge in [0.2, 0.25) is 5.91 Å². The monoisotopic (exact) mass is 463 g/mol. The zero-order chi connectivity index (χ0) is 23.7. The summed E-state index contributed by atoms with van der Waals surface area (Å²) in [5, 5.41) is 15.3. The van der Waals surface area contributed by atoms with Crippen molar-refractivity contribution in [1.29, 1.82) is 5.26 Å². The van der Waals surface area contributed by atoms with Crippen LogP contribution in [-0.2, 0) is 9.53 Å². The quantitative estimate of drug-likeness (QED) is 0.606.